The van der Waals surface area contributed by atoms with Crippen molar-refractivity contribution >= 4 is 27.9 Å². The van der Waals surface area contributed by atoms with Gasteiger partial charge in [0.2, 0.25) is 27.3 Å². The van der Waals surface area contributed by atoms with Crippen LogP contribution in [0.5, 0.6) is 0 Å². The number of amides is 1. The van der Waals surface area contributed by atoms with E-state index in [1.165, 1.54) is 23.6 Å². The Hall–Kier alpha value is -5.15. The molecule has 0 saturated carbocycles. The summed E-state index contributed by atoms with van der Waals surface area (Å²) in [6.45, 7) is 8.89. The van der Waals surface area contributed by atoms with Crippen LogP contribution < -0.4 is 10.9 Å². The molecule has 1 aromatic heterocycles. The lowest BCUT2D eigenvalue weighted by molar-refractivity contribution is -0.306. The molecule has 306 valence electrons. The summed E-state index contributed by atoms with van der Waals surface area (Å²) < 4.78 is 56.5. The van der Waals surface area contributed by atoms with Gasteiger partial charge in [0.15, 0.2) is 0 Å². The van der Waals surface area contributed by atoms with Crippen LogP contribution in [0.4, 0.5) is 0 Å². The predicted octanol–water partition coefficient (Wildman–Crippen LogP) is 5.31. The SMILES string of the molecule is CCOC(=O)[C@@](CC)(OC(=O)[C@H]1Cc2ccccc2CN1S(=O)(=O)c1ccc(-c2ccccc2)cc1)c1cc2n(c(=O)c1CNC(C)=O)CCC21OCC(C)(C)CO1. The Morgan fingerprint density at radius 2 is 1.55 bits per heavy atom. The Balaban J connectivity index is 1.33. The Morgan fingerprint density at radius 1 is 0.914 bits per heavy atom. The van der Waals surface area contributed by atoms with Gasteiger partial charge in [-0.25, -0.2) is 13.2 Å². The molecule has 3 aromatic carbocycles. The summed E-state index contributed by atoms with van der Waals surface area (Å²) in [5.74, 6) is -3.72. The van der Waals surface area contributed by atoms with Crippen LogP contribution in [0.2, 0.25) is 0 Å². The molecule has 1 fully saturated rings. The molecule has 4 heterocycles. The number of aromatic nitrogens is 1. The molecule has 3 aliphatic heterocycles. The van der Waals surface area contributed by atoms with E-state index < -0.39 is 50.9 Å². The molecule has 1 N–H and O–H groups in total. The van der Waals surface area contributed by atoms with Crippen molar-refractivity contribution in [1.29, 1.82) is 0 Å². The number of carbonyl (C=O) groups excluding carboxylic acids is 3. The summed E-state index contributed by atoms with van der Waals surface area (Å²) in [6.07, 6.45) is 0.0533. The van der Waals surface area contributed by atoms with Gasteiger partial charge < -0.3 is 28.8 Å². The lowest BCUT2D eigenvalue weighted by Gasteiger charge is -2.42. The molecule has 4 aromatic rings. The van der Waals surface area contributed by atoms with Crippen LogP contribution in [0.3, 0.4) is 0 Å². The maximum Gasteiger partial charge on any atom is 0.355 e. The maximum atomic E-state index is 14.9. The van der Waals surface area contributed by atoms with Crippen molar-refractivity contribution in [3.05, 3.63) is 123 Å². The molecule has 0 unspecified atom stereocenters. The first-order valence-electron chi connectivity index (χ1n) is 19.6. The smallest absolute Gasteiger partial charge is 0.355 e. The highest BCUT2D eigenvalue weighted by molar-refractivity contribution is 7.89. The molecule has 0 bridgehead atoms. The van der Waals surface area contributed by atoms with Gasteiger partial charge in [0.25, 0.3) is 5.56 Å². The zero-order valence-electron chi connectivity index (χ0n) is 33.4. The zero-order chi connectivity index (χ0) is 41.5. The number of benzene rings is 3. The lowest BCUT2D eigenvalue weighted by Crippen LogP contribution is -2.53. The molecule has 1 amide bonds. The number of ether oxygens (including phenoxy) is 4. The quantitative estimate of drug-likeness (QED) is 0.197. The Kier molecular flexibility index (Phi) is 11.2. The van der Waals surface area contributed by atoms with Gasteiger partial charge in [-0.15, -0.1) is 0 Å². The molecule has 1 saturated heterocycles. The van der Waals surface area contributed by atoms with Crippen LogP contribution in [-0.4, -0.2) is 61.0 Å². The minimum Gasteiger partial charge on any atom is -0.463 e. The zero-order valence-corrected chi connectivity index (χ0v) is 34.2. The van der Waals surface area contributed by atoms with Crippen molar-refractivity contribution in [1.82, 2.24) is 14.2 Å². The van der Waals surface area contributed by atoms with Crippen molar-refractivity contribution in [2.45, 2.75) is 95.8 Å². The molecular formula is C44H49N3O10S. The Bertz CT molecular complexity index is 2380. The third-order valence-electron chi connectivity index (χ3n) is 11.2. The summed E-state index contributed by atoms with van der Waals surface area (Å²) in [7, 11) is -4.34. The number of fused-ring (bicyclic) bond motifs is 3. The van der Waals surface area contributed by atoms with E-state index in [1.807, 2.05) is 56.3 Å². The van der Waals surface area contributed by atoms with Crippen molar-refractivity contribution < 1.29 is 41.7 Å². The van der Waals surface area contributed by atoms with E-state index in [1.54, 1.807) is 44.2 Å². The number of nitrogens with zero attached hydrogens (tertiary/aromatic N) is 2. The second-order valence-electron chi connectivity index (χ2n) is 15.8. The van der Waals surface area contributed by atoms with Crippen molar-refractivity contribution in [3.8, 4) is 11.1 Å². The average Bonchev–Trinajstić information content (AvgIpc) is 3.58. The number of rotatable bonds is 11. The van der Waals surface area contributed by atoms with Crippen LogP contribution in [0.1, 0.15) is 75.4 Å². The van der Waals surface area contributed by atoms with Crippen LogP contribution in [0.25, 0.3) is 11.1 Å². The fourth-order valence-electron chi connectivity index (χ4n) is 8.00. The van der Waals surface area contributed by atoms with E-state index in [4.69, 9.17) is 18.9 Å². The summed E-state index contributed by atoms with van der Waals surface area (Å²) in [5.41, 5.74) is 0.448. The molecule has 58 heavy (non-hydrogen) atoms. The second-order valence-corrected chi connectivity index (χ2v) is 17.7. The van der Waals surface area contributed by atoms with Gasteiger partial charge in [-0.1, -0.05) is 87.5 Å². The average molecular weight is 812 g/mol. The van der Waals surface area contributed by atoms with Gasteiger partial charge in [-0.3, -0.25) is 14.4 Å². The molecule has 7 rings (SSSR count). The van der Waals surface area contributed by atoms with Crippen LogP contribution in [0.15, 0.2) is 94.6 Å². The minimum atomic E-state index is -4.34. The second kappa shape index (κ2) is 15.9. The largest absolute Gasteiger partial charge is 0.463 e. The fraction of sp³-hybridized carbons (Fsp3) is 0.409. The summed E-state index contributed by atoms with van der Waals surface area (Å²) >= 11 is 0. The summed E-state index contributed by atoms with van der Waals surface area (Å²) in [6, 6.07) is 23.4. The maximum absolute atomic E-state index is 14.9. The molecule has 13 nitrogen and oxygen atoms in total. The highest BCUT2D eigenvalue weighted by Crippen LogP contribution is 2.45. The van der Waals surface area contributed by atoms with Crippen molar-refractivity contribution in [2.75, 3.05) is 19.8 Å². The third kappa shape index (κ3) is 7.49. The highest BCUT2D eigenvalue weighted by Gasteiger charge is 2.53. The number of esters is 2. The molecule has 14 heteroatoms. The normalized spacial score (nSPS) is 19.4. The Morgan fingerprint density at radius 3 is 2.19 bits per heavy atom. The first-order chi connectivity index (χ1) is 27.6. The molecular weight excluding hydrogens is 763 g/mol. The number of pyridine rings is 1. The predicted molar refractivity (Wildman–Crippen MR) is 213 cm³/mol. The van der Waals surface area contributed by atoms with E-state index in [0.29, 0.717) is 30.9 Å². The van der Waals surface area contributed by atoms with E-state index in [0.717, 1.165) is 21.0 Å². The molecule has 0 aliphatic carbocycles. The summed E-state index contributed by atoms with van der Waals surface area (Å²) in [4.78, 5) is 56.1. The van der Waals surface area contributed by atoms with E-state index in [9.17, 15) is 27.6 Å². The topological polar surface area (TPSA) is 160 Å². The molecule has 2 atom stereocenters. The number of hydrogen-bond acceptors (Lipinski definition) is 10. The van der Waals surface area contributed by atoms with E-state index in [2.05, 4.69) is 5.32 Å². The third-order valence-corrected chi connectivity index (χ3v) is 13.1. The fourth-order valence-corrected chi connectivity index (χ4v) is 9.55. The van der Waals surface area contributed by atoms with Gasteiger partial charge in [-0.2, -0.15) is 4.31 Å². The van der Waals surface area contributed by atoms with Crippen LogP contribution in [-0.2, 0) is 80.8 Å². The molecule has 1 spiro atoms. The molecule has 3 aliphatic rings. The minimum absolute atomic E-state index is 0.00631. The Labute approximate surface area is 338 Å². The summed E-state index contributed by atoms with van der Waals surface area (Å²) in [5, 5.41) is 2.68. The van der Waals surface area contributed by atoms with Gasteiger partial charge in [0.05, 0.1) is 30.4 Å². The highest BCUT2D eigenvalue weighted by atomic mass is 32.2. The standard InChI is InChI=1S/C44H49N3O10S/c1-6-43(41(51)54-7-2,36-24-38-44(55-27-42(4,5)28-56-44)21-22-46(38)39(49)35(36)25-45-29(3)48)57-40(50)37-23-32-15-11-12-16-33(32)26-47(37)58(52,53)34-19-17-31(18-20-34)30-13-9-8-10-14-30/h8-20,24,37H,6-7,21-23,25-28H2,1-5H3,(H,45,48)/t37-,43+/m1/s1. The lowest BCUT2D eigenvalue weighted by atomic mass is 9.86. The first-order valence-corrected chi connectivity index (χ1v) is 21.0. The number of nitrogens with one attached hydrogen (secondary N) is 1. The van der Waals surface area contributed by atoms with E-state index in [-0.39, 0.29) is 60.5 Å². The van der Waals surface area contributed by atoms with Gasteiger partial charge in [-0.05, 0) is 53.8 Å². The number of sulfonamides is 1. The monoisotopic (exact) mass is 811 g/mol. The van der Waals surface area contributed by atoms with E-state index >= 15 is 0 Å². The van der Waals surface area contributed by atoms with Crippen LogP contribution in [0, 0.1) is 5.41 Å². The van der Waals surface area contributed by atoms with Gasteiger partial charge in [0, 0.05) is 55.9 Å². The van der Waals surface area contributed by atoms with Gasteiger partial charge in [0.1, 0.15) is 6.04 Å². The number of hydrogen-bond donors (Lipinski definition) is 1. The first kappa shape index (κ1) is 41.0. The van der Waals surface area contributed by atoms with Crippen LogP contribution >= 0.6 is 0 Å². The number of carbonyl (C=O) groups is 3. The van der Waals surface area contributed by atoms with Crippen molar-refractivity contribution in [2.24, 2.45) is 5.41 Å². The molecule has 0 radical (unpaired) electrons. The van der Waals surface area contributed by atoms with Gasteiger partial charge >= 0.3 is 11.9 Å². The van der Waals surface area contributed by atoms with Crippen molar-refractivity contribution in [3.63, 3.8) is 0 Å².